The first-order chi connectivity index (χ1) is 11.5. The van der Waals surface area contributed by atoms with Crippen molar-refractivity contribution in [3.8, 4) is 0 Å². The van der Waals surface area contributed by atoms with Crippen LogP contribution in [-0.2, 0) is 9.53 Å². The molecule has 2 amide bonds. The van der Waals surface area contributed by atoms with Gasteiger partial charge in [0, 0.05) is 19.5 Å². The van der Waals surface area contributed by atoms with Crippen molar-refractivity contribution in [3.05, 3.63) is 0 Å². The van der Waals surface area contributed by atoms with Crippen LogP contribution < -0.4 is 5.73 Å². The topological polar surface area (TPSA) is 72.6 Å². The number of primary amides is 1. The summed E-state index contributed by atoms with van der Waals surface area (Å²) in [5.41, 5.74) is 5.47. The predicted octanol–water partition coefficient (Wildman–Crippen LogP) is 3.95. The lowest BCUT2D eigenvalue weighted by atomic mass is 9.74. The Morgan fingerprint density at radius 2 is 1.54 bits per heavy atom. The Kier molecular flexibility index (Phi) is 9.16. The summed E-state index contributed by atoms with van der Waals surface area (Å²) in [5, 5.41) is 0. The number of likely N-dealkylation sites (tertiary alicyclic amines) is 1. The van der Waals surface area contributed by atoms with Gasteiger partial charge >= 0.3 is 6.09 Å². The van der Waals surface area contributed by atoms with E-state index in [1.165, 1.54) is 25.7 Å². The quantitative estimate of drug-likeness (QED) is 0.823. The Labute approximate surface area is 147 Å². The second kappa shape index (κ2) is 10.6. The highest BCUT2D eigenvalue weighted by Gasteiger charge is 2.35. The van der Waals surface area contributed by atoms with Crippen LogP contribution in [0.4, 0.5) is 4.79 Å². The largest absolute Gasteiger partial charge is 0.447 e. The van der Waals surface area contributed by atoms with Gasteiger partial charge in [-0.3, -0.25) is 4.79 Å². The van der Waals surface area contributed by atoms with Gasteiger partial charge in [0.15, 0.2) is 0 Å². The maximum Gasteiger partial charge on any atom is 0.410 e. The molecule has 0 aromatic rings. The number of rotatable bonds is 5. The molecule has 2 rings (SSSR count). The molecule has 1 aliphatic heterocycles. The molecule has 0 radical (unpaired) electrons. The number of hydrogen-bond acceptors (Lipinski definition) is 3. The van der Waals surface area contributed by atoms with E-state index in [0.717, 1.165) is 25.9 Å². The van der Waals surface area contributed by atoms with E-state index in [2.05, 4.69) is 0 Å². The third-order valence-electron chi connectivity index (χ3n) is 5.18. The van der Waals surface area contributed by atoms with E-state index in [1.807, 2.05) is 27.7 Å². The van der Waals surface area contributed by atoms with Crippen LogP contribution in [0.2, 0.25) is 0 Å². The normalized spacial score (nSPS) is 20.5. The molecule has 1 heterocycles. The monoisotopic (exact) mass is 340 g/mol. The average molecular weight is 341 g/mol. The molecule has 2 aliphatic rings. The van der Waals surface area contributed by atoms with Crippen molar-refractivity contribution >= 4 is 12.0 Å². The lowest BCUT2D eigenvalue weighted by Crippen LogP contribution is -2.42. The second-order valence-corrected chi connectivity index (χ2v) is 7.14. The molecular weight excluding hydrogens is 304 g/mol. The summed E-state index contributed by atoms with van der Waals surface area (Å²) in [6.07, 6.45) is 7.15. The van der Waals surface area contributed by atoms with E-state index in [9.17, 15) is 9.59 Å². The van der Waals surface area contributed by atoms with Gasteiger partial charge in [-0.1, -0.05) is 39.5 Å². The Balaban J connectivity index is 0.00000139. The predicted molar refractivity (Wildman–Crippen MR) is 96.5 cm³/mol. The zero-order valence-electron chi connectivity index (χ0n) is 15.9. The van der Waals surface area contributed by atoms with E-state index in [0.29, 0.717) is 24.2 Å². The van der Waals surface area contributed by atoms with Crippen LogP contribution in [0.5, 0.6) is 0 Å². The van der Waals surface area contributed by atoms with Gasteiger partial charge in [-0.15, -0.1) is 0 Å². The summed E-state index contributed by atoms with van der Waals surface area (Å²) in [5.74, 6) is 1.38. The molecule has 0 spiro atoms. The molecule has 1 aliphatic carbocycles. The standard InChI is InChI=1S/C17H30N2O3.C2H6/c1-12(2)22-17(21)19-9-7-14(8-10-19)15(11-16(18)20)13-5-3-4-6-13;1-2/h12-15H,3-11H2,1-2H3,(H2,18,20);1-2H3. The summed E-state index contributed by atoms with van der Waals surface area (Å²) in [4.78, 5) is 25.2. The smallest absolute Gasteiger partial charge is 0.410 e. The summed E-state index contributed by atoms with van der Waals surface area (Å²) in [7, 11) is 0. The van der Waals surface area contributed by atoms with Crippen molar-refractivity contribution in [1.29, 1.82) is 0 Å². The van der Waals surface area contributed by atoms with Crippen molar-refractivity contribution in [2.45, 2.75) is 78.7 Å². The van der Waals surface area contributed by atoms with E-state index in [1.54, 1.807) is 4.90 Å². The van der Waals surface area contributed by atoms with Crippen LogP contribution in [0.25, 0.3) is 0 Å². The second-order valence-electron chi connectivity index (χ2n) is 7.14. The lowest BCUT2D eigenvalue weighted by Gasteiger charge is -2.38. The molecule has 1 atom stereocenters. The Bertz CT molecular complexity index is 384. The van der Waals surface area contributed by atoms with Crippen LogP contribution >= 0.6 is 0 Å². The fraction of sp³-hybridized carbons (Fsp3) is 0.895. The number of nitrogens with zero attached hydrogens (tertiary/aromatic N) is 1. The average Bonchev–Trinajstić information content (AvgIpc) is 3.08. The number of amides is 2. The molecule has 0 aromatic heterocycles. The minimum absolute atomic E-state index is 0.0775. The van der Waals surface area contributed by atoms with Crippen LogP contribution in [-0.4, -0.2) is 36.1 Å². The third-order valence-corrected chi connectivity index (χ3v) is 5.18. The van der Waals surface area contributed by atoms with Crippen molar-refractivity contribution in [1.82, 2.24) is 4.90 Å². The molecule has 0 bridgehead atoms. The Morgan fingerprint density at radius 3 is 2.00 bits per heavy atom. The van der Waals surface area contributed by atoms with Crippen molar-refractivity contribution < 1.29 is 14.3 Å². The molecule has 1 unspecified atom stereocenters. The van der Waals surface area contributed by atoms with E-state index in [4.69, 9.17) is 10.5 Å². The SMILES string of the molecule is CC.CC(C)OC(=O)N1CCC(C(CC(N)=O)C2CCCC2)CC1. The first-order valence-electron chi connectivity index (χ1n) is 9.71. The third kappa shape index (κ3) is 6.33. The number of piperidine rings is 1. The highest BCUT2D eigenvalue weighted by molar-refractivity contribution is 5.74. The van der Waals surface area contributed by atoms with Crippen molar-refractivity contribution in [2.75, 3.05) is 13.1 Å². The molecule has 1 saturated carbocycles. The first kappa shape index (κ1) is 20.8. The van der Waals surface area contributed by atoms with Crippen LogP contribution in [0, 0.1) is 17.8 Å². The van der Waals surface area contributed by atoms with Gasteiger partial charge in [0.1, 0.15) is 0 Å². The summed E-state index contributed by atoms with van der Waals surface area (Å²) in [6.45, 7) is 9.21. The van der Waals surface area contributed by atoms with Gasteiger partial charge in [0.05, 0.1) is 6.10 Å². The maximum absolute atomic E-state index is 11.9. The molecule has 2 fully saturated rings. The zero-order valence-corrected chi connectivity index (χ0v) is 15.9. The number of carbonyl (C=O) groups excluding carboxylic acids is 2. The van der Waals surface area contributed by atoms with Gasteiger partial charge in [0.2, 0.25) is 5.91 Å². The fourth-order valence-corrected chi connectivity index (χ4v) is 4.12. The first-order valence-corrected chi connectivity index (χ1v) is 9.71. The van der Waals surface area contributed by atoms with E-state index >= 15 is 0 Å². The van der Waals surface area contributed by atoms with E-state index in [-0.39, 0.29) is 18.1 Å². The summed E-state index contributed by atoms with van der Waals surface area (Å²) in [6, 6.07) is 0. The molecule has 5 nitrogen and oxygen atoms in total. The minimum atomic E-state index is -0.208. The Morgan fingerprint density at radius 1 is 1.04 bits per heavy atom. The highest BCUT2D eigenvalue weighted by Crippen LogP contribution is 2.40. The summed E-state index contributed by atoms with van der Waals surface area (Å²) >= 11 is 0. The summed E-state index contributed by atoms with van der Waals surface area (Å²) < 4.78 is 5.26. The van der Waals surface area contributed by atoms with Gasteiger partial charge in [-0.25, -0.2) is 4.79 Å². The van der Waals surface area contributed by atoms with E-state index < -0.39 is 0 Å². The molecule has 1 saturated heterocycles. The molecule has 24 heavy (non-hydrogen) atoms. The van der Waals surface area contributed by atoms with Crippen LogP contribution in [0.1, 0.15) is 72.6 Å². The lowest BCUT2D eigenvalue weighted by molar-refractivity contribution is -0.120. The zero-order chi connectivity index (χ0) is 18.1. The van der Waals surface area contributed by atoms with Crippen molar-refractivity contribution in [3.63, 3.8) is 0 Å². The number of carbonyl (C=O) groups is 2. The van der Waals surface area contributed by atoms with Gasteiger partial charge in [-0.05, 0) is 44.4 Å². The van der Waals surface area contributed by atoms with Gasteiger partial charge in [-0.2, -0.15) is 0 Å². The van der Waals surface area contributed by atoms with Crippen LogP contribution in [0.15, 0.2) is 0 Å². The number of hydrogen-bond donors (Lipinski definition) is 1. The van der Waals surface area contributed by atoms with Gasteiger partial charge < -0.3 is 15.4 Å². The highest BCUT2D eigenvalue weighted by atomic mass is 16.6. The van der Waals surface area contributed by atoms with Crippen LogP contribution in [0.3, 0.4) is 0 Å². The van der Waals surface area contributed by atoms with Gasteiger partial charge in [0.25, 0.3) is 0 Å². The Hall–Kier alpha value is -1.26. The molecule has 2 N–H and O–H groups in total. The molecule has 0 aromatic carbocycles. The van der Waals surface area contributed by atoms with Crippen molar-refractivity contribution in [2.24, 2.45) is 23.5 Å². The number of ether oxygens (including phenoxy) is 1. The molecule has 140 valence electrons. The fourth-order valence-electron chi connectivity index (χ4n) is 4.12. The number of nitrogens with two attached hydrogens (primary N) is 1. The molecule has 5 heteroatoms. The molecular formula is C19H36N2O3. The maximum atomic E-state index is 11.9. The minimum Gasteiger partial charge on any atom is -0.447 e.